The Labute approximate surface area is 352 Å². The Balaban J connectivity index is 1.28. The van der Waals surface area contributed by atoms with E-state index in [0.29, 0.717) is 0 Å². The van der Waals surface area contributed by atoms with E-state index in [1.165, 1.54) is 22.3 Å². The van der Waals surface area contributed by atoms with Gasteiger partial charge in [-0.05, 0) is 0 Å². The Morgan fingerprint density at radius 3 is 0.898 bits per heavy atom. The van der Waals surface area contributed by atoms with Crippen molar-refractivity contribution in [1.82, 2.24) is 0 Å². The monoisotopic (exact) mass is 810 g/mol. The van der Waals surface area contributed by atoms with Crippen LogP contribution in [0.4, 0.5) is 0 Å². The molecule has 5 heteroatoms. The minimum absolute atomic E-state index is 0.228. The minimum atomic E-state index is -4.78. The van der Waals surface area contributed by atoms with Crippen LogP contribution in [0.3, 0.4) is 0 Å². The van der Waals surface area contributed by atoms with Gasteiger partial charge in [0.1, 0.15) is 0 Å². The maximum atomic E-state index is 16.2. The van der Waals surface area contributed by atoms with Crippen molar-refractivity contribution < 1.29 is 33.6 Å². The number of fused-ring (bicyclic) bond motifs is 1. The zero-order chi connectivity index (χ0) is 40.3. The molecule has 3 aliphatic carbocycles. The van der Waals surface area contributed by atoms with E-state index in [0.717, 1.165) is 84.7 Å². The Hall–Kier alpha value is -5.55. The van der Waals surface area contributed by atoms with Gasteiger partial charge in [0.15, 0.2) is 0 Å². The molecule has 0 saturated heterocycles. The second-order valence-electron chi connectivity index (χ2n) is 16.3. The molecule has 3 aliphatic rings. The topological polar surface area (TPSA) is 52.6 Å². The Bertz CT molecular complexity index is 2110. The SMILES string of the molecule is [CH3][Ti]([O]C(=O)C(c1ccccc1)(c1ccccc1)c1ccccc1)([O]C(=O)C(c1ccccc1)(c1ccccc1)c1ccccc1)[CH]1C2=C(CCCC2)C2=C1CCCC2. The van der Waals surface area contributed by atoms with Crippen molar-refractivity contribution in [3.8, 4) is 0 Å². The number of carbonyl (C=O) groups excluding carboxylic acids is 2. The van der Waals surface area contributed by atoms with Gasteiger partial charge in [0, 0.05) is 0 Å². The van der Waals surface area contributed by atoms with E-state index in [9.17, 15) is 0 Å². The van der Waals surface area contributed by atoms with Gasteiger partial charge in [-0.3, -0.25) is 0 Å². The fraction of sp³-hybridized carbons (Fsp3) is 0.222. The first-order valence-electron chi connectivity index (χ1n) is 21.2. The summed E-state index contributed by atoms with van der Waals surface area (Å²) < 4.78 is 14.7. The van der Waals surface area contributed by atoms with Crippen molar-refractivity contribution in [3.05, 3.63) is 238 Å². The van der Waals surface area contributed by atoms with Crippen LogP contribution in [-0.2, 0) is 44.4 Å². The third-order valence-corrected chi connectivity index (χ3v) is 17.6. The van der Waals surface area contributed by atoms with Crippen LogP contribution in [0.15, 0.2) is 204 Å². The Kier molecular flexibility index (Phi) is 11.0. The fourth-order valence-corrected chi connectivity index (χ4v) is 15.6. The molecule has 0 N–H and O–H groups in total. The molecule has 6 aromatic carbocycles. The molecule has 0 heterocycles. The molecule has 6 aromatic rings. The van der Waals surface area contributed by atoms with E-state index in [4.69, 9.17) is 6.64 Å². The summed E-state index contributed by atoms with van der Waals surface area (Å²) in [5, 5.41) is 2.06. The van der Waals surface area contributed by atoms with Gasteiger partial charge in [-0.2, -0.15) is 0 Å². The molecule has 0 radical (unpaired) electrons. The molecule has 0 fully saturated rings. The van der Waals surface area contributed by atoms with Gasteiger partial charge >= 0.3 is 355 Å². The van der Waals surface area contributed by atoms with Gasteiger partial charge in [0.05, 0.1) is 0 Å². The summed E-state index contributed by atoms with van der Waals surface area (Å²) in [7, 11) is 0. The van der Waals surface area contributed by atoms with Gasteiger partial charge < -0.3 is 0 Å². The Morgan fingerprint density at radius 1 is 0.407 bits per heavy atom. The molecular formula is C54H50O4Ti. The second kappa shape index (κ2) is 16.6. The average molecular weight is 811 g/mol. The summed E-state index contributed by atoms with van der Waals surface area (Å²) in [5.41, 5.74) is 7.69. The van der Waals surface area contributed by atoms with E-state index in [1.54, 1.807) is 0 Å². The van der Waals surface area contributed by atoms with Crippen molar-refractivity contribution in [3.63, 3.8) is 0 Å². The fourth-order valence-electron chi connectivity index (χ4n) is 10.5. The average Bonchev–Trinajstić information content (AvgIpc) is 3.64. The summed E-state index contributed by atoms with van der Waals surface area (Å²) in [6, 6.07) is 59.8. The molecule has 0 amide bonds. The van der Waals surface area contributed by atoms with Gasteiger partial charge in [0.2, 0.25) is 0 Å². The van der Waals surface area contributed by atoms with Crippen LogP contribution in [0.1, 0.15) is 84.7 Å². The van der Waals surface area contributed by atoms with Crippen molar-refractivity contribution in [2.45, 2.75) is 71.6 Å². The van der Waals surface area contributed by atoms with Crippen molar-refractivity contribution >= 4 is 11.9 Å². The third-order valence-electron chi connectivity index (χ3n) is 13.1. The van der Waals surface area contributed by atoms with Crippen LogP contribution in [-0.4, -0.2) is 11.9 Å². The molecule has 59 heavy (non-hydrogen) atoms. The molecule has 0 unspecified atom stereocenters. The number of hydrogen-bond donors (Lipinski definition) is 0. The van der Waals surface area contributed by atoms with E-state index in [2.05, 4.69) is 5.23 Å². The first kappa shape index (κ1) is 38.9. The summed E-state index contributed by atoms with van der Waals surface area (Å²) in [4.78, 5) is 32.4. The predicted molar refractivity (Wildman–Crippen MR) is 231 cm³/mol. The first-order valence-corrected chi connectivity index (χ1v) is 25.0. The van der Waals surface area contributed by atoms with Crippen LogP contribution in [0.2, 0.25) is 9.45 Å². The zero-order valence-corrected chi connectivity index (χ0v) is 35.2. The normalized spacial score (nSPS) is 15.9. The summed E-state index contributed by atoms with van der Waals surface area (Å²) >= 11 is -4.78. The maximum absolute atomic E-state index is 16.2. The summed E-state index contributed by atoms with van der Waals surface area (Å²) in [6.45, 7) is 0. The molecule has 0 spiro atoms. The molecule has 9 rings (SSSR count). The molecule has 4 nitrogen and oxygen atoms in total. The van der Waals surface area contributed by atoms with E-state index < -0.39 is 40.1 Å². The van der Waals surface area contributed by atoms with Crippen molar-refractivity contribution in [2.24, 2.45) is 0 Å². The number of benzene rings is 6. The van der Waals surface area contributed by atoms with Crippen LogP contribution >= 0.6 is 0 Å². The van der Waals surface area contributed by atoms with Gasteiger partial charge in [0.25, 0.3) is 0 Å². The van der Waals surface area contributed by atoms with Crippen LogP contribution in [0.5, 0.6) is 0 Å². The first-order chi connectivity index (χ1) is 29.0. The van der Waals surface area contributed by atoms with Gasteiger partial charge in [-0.25, -0.2) is 0 Å². The molecule has 0 aromatic heterocycles. The number of carbonyl (C=O) groups is 2. The van der Waals surface area contributed by atoms with Crippen LogP contribution in [0.25, 0.3) is 0 Å². The number of rotatable bonds is 11. The summed E-state index contributed by atoms with van der Waals surface area (Å²) in [6.07, 6.45) is 8.31. The standard InChI is InChI=1S/2C20H16O2.C13H17.CH3.Ti/c2*21-19(22)20(16-10-4-1-5-11-16,17-12-6-2-7-13-17)18-14-8-3-9-15-18;1-3-7-12-10(5-1)9-11-6-2-4-8-13(11)12;;/h2*1-15H,(H,21,22);9H,1-8H2;1H3;/q;;;;+2/p-2. The number of allylic oxidation sites excluding steroid dienone is 4. The Morgan fingerprint density at radius 2 is 0.644 bits per heavy atom. The van der Waals surface area contributed by atoms with Crippen LogP contribution < -0.4 is 0 Å². The molecule has 0 bridgehead atoms. The van der Waals surface area contributed by atoms with Gasteiger partial charge in [-0.1, -0.05) is 0 Å². The third kappa shape index (κ3) is 6.77. The predicted octanol–water partition coefficient (Wildman–Crippen LogP) is 12.7. The van der Waals surface area contributed by atoms with E-state index >= 15 is 9.59 Å². The number of hydrogen-bond acceptors (Lipinski definition) is 4. The quantitative estimate of drug-likeness (QED) is 0.0966. The zero-order valence-electron chi connectivity index (χ0n) is 33.7. The summed E-state index contributed by atoms with van der Waals surface area (Å²) in [5.74, 6) is -0.826. The molecule has 294 valence electrons. The molecule has 0 saturated carbocycles. The van der Waals surface area contributed by atoms with Crippen molar-refractivity contribution in [1.29, 1.82) is 0 Å². The van der Waals surface area contributed by atoms with Crippen molar-refractivity contribution in [2.75, 3.05) is 0 Å². The van der Waals surface area contributed by atoms with E-state index in [1.807, 2.05) is 182 Å². The van der Waals surface area contributed by atoms with Gasteiger partial charge in [-0.15, -0.1) is 0 Å². The molecule has 0 aliphatic heterocycles. The molecule has 0 atom stereocenters. The van der Waals surface area contributed by atoms with E-state index in [-0.39, 0.29) is 4.22 Å². The molecular weight excluding hydrogens is 760 g/mol. The van der Waals surface area contributed by atoms with Crippen LogP contribution in [0, 0.1) is 0 Å². The second-order valence-corrected chi connectivity index (χ2v) is 21.1.